The van der Waals surface area contributed by atoms with Crippen LogP contribution in [0.2, 0.25) is 0 Å². The Bertz CT molecular complexity index is 1030. The number of aryl methyl sites for hydroxylation is 1. The third-order valence-corrected chi connectivity index (χ3v) is 7.09. The van der Waals surface area contributed by atoms with Gasteiger partial charge in [0.15, 0.2) is 0 Å². The van der Waals surface area contributed by atoms with Crippen LogP contribution in [0.3, 0.4) is 0 Å². The molecule has 168 valence electrons. The predicted molar refractivity (Wildman–Crippen MR) is 105 cm³/mol. The summed E-state index contributed by atoms with van der Waals surface area (Å²) >= 11 is 0. The van der Waals surface area contributed by atoms with E-state index in [-0.39, 0.29) is 12.1 Å². The Morgan fingerprint density at radius 3 is 2.29 bits per heavy atom. The Hall–Kier alpha value is -2.73. The van der Waals surface area contributed by atoms with Gasteiger partial charge < -0.3 is 10.0 Å². The van der Waals surface area contributed by atoms with Crippen LogP contribution in [0.5, 0.6) is 0 Å². The fourth-order valence-corrected chi connectivity index (χ4v) is 5.65. The highest BCUT2D eigenvalue weighted by atomic mass is 32.2. The average Bonchev–Trinajstić information content (AvgIpc) is 3.30. The van der Waals surface area contributed by atoms with Crippen LogP contribution < -0.4 is 4.90 Å². The first-order chi connectivity index (χ1) is 14.5. The normalized spacial score (nSPS) is 21.4. The van der Waals surface area contributed by atoms with Crippen molar-refractivity contribution in [2.24, 2.45) is 0 Å². The Kier molecular flexibility index (Phi) is 6.51. The summed E-state index contributed by atoms with van der Waals surface area (Å²) in [6.45, 7) is 3.25. The zero-order chi connectivity index (χ0) is 22.8. The van der Waals surface area contributed by atoms with Crippen LogP contribution >= 0.6 is 0 Å². The molecule has 0 radical (unpaired) electrons. The van der Waals surface area contributed by atoms with Crippen LogP contribution in [0.25, 0.3) is 0 Å². The van der Waals surface area contributed by atoms with E-state index in [1.165, 1.54) is 0 Å². The van der Waals surface area contributed by atoms with Gasteiger partial charge in [0.25, 0.3) is 0 Å². The molecular weight excluding hydrogens is 437 g/mol. The summed E-state index contributed by atoms with van der Waals surface area (Å²) < 4.78 is 59.5. The second-order valence-corrected chi connectivity index (χ2v) is 9.08. The number of sulfonamides is 1. The van der Waals surface area contributed by atoms with Crippen LogP contribution in [0.1, 0.15) is 18.4 Å². The standard InChI is InChI=1S/C17H20N4O2S.C2HF3O2/c1-13-4-2-5-14(12-13)24(22,23)21-11-7-15-16(21)6-10-20(15)17-18-8-3-9-19-17;3-2(4,5)1(6)7/h2-5,8-9,12,15-16H,6-7,10-11H2,1H3;(H,6,7)/t15-,16+;/m0./s1. The van der Waals surface area contributed by atoms with Crippen molar-refractivity contribution in [2.75, 3.05) is 18.0 Å². The highest BCUT2D eigenvalue weighted by Gasteiger charge is 2.48. The fourth-order valence-electron chi connectivity index (χ4n) is 3.84. The monoisotopic (exact) mass is 458 g/mol. The summed E-state index contributed by atoms with van der Waals surface area (Å²) in [4.78, 5) is 20.1. The summed E-state index contributed by atoms with van der Waals surface area (Å²) in [7, 11) is -3.46. The molecule has 2 saturated heterocycles. The molecule has 31 heavy (non-hydrogen) atoms. The lowest BCUT2D eigenvalue weighted by Crippen LogP contribution is -2.40. The Labute approximate surface area is 177 Å². The number of anilines is 1. The molecule has 0 amide bonds. The van der Waals surface area contributed by atoms with Crippen molar-refractivity contribution in [2.45, 2.75) is 42.9 Å². The quantitative estimate of drug-likeness (QED) is 0.754. The summed E-state index contributed by atoms with van der Waals surface area (Å²) in [5, 5.41) is 7.12. The van der Waals surface area contributed by atoms with E-state index in [0.29, 0.717) is 17.4 Å². The van der Waals surface area contributed by atoms with E-state index in [1.54, 1.807) is 41.0 Å². The number of rotatable bonds is 3. The van der Waals surface area contributed by atoms with Crippen molar-refractivity contribution in [1.29, 1.82) is 0 Å². The number of aliphatic carboxylic acids is 1. The van der Waals surface area contributed by atoms with Crippen LogP contribution in [-0.2, 0) is 14.8 Å². The number of aromatic nitrogens is 2. The molecule has 2 aliphatic heterocycles. The zero-order valence-corrected chi connectivity index (χ0v) is 17.3. The number of nitrogens with zero attached hydrogens (tertiary/aromatic N) is 4. The van der Waals surface area contributed by atoms with Gasteiger partial charge in [-0.2, -0.15) is 17.5 Å². The van der Waals surface area contributed by atoms with E-state index in [1.807, 2.05) is 13.0 Å². The van der Waals surface area contributed by atoms with Crippen molar-refractivity contribution >= 4 is 21.9 Å². The molecule has 0 aliphatic carbocycles. The molecule has 8 nitrogen and oxygen atoms in total. The number of benzene rings is 1. The lowest BCUT2D eigenvalue weighted by atomic mass is 10.1. The number of carboxylic acids is 1. The van der Waals surface area contributed by atoms with Gasteiger partial charge in [-0.15, -0.1) is 0 Å². The summed E-state index contributed by atoms with van der Waals surface area (Å²) in [5.74, 6) is -2.06. The minimum absolute atomic E-state index is 0.000631. The van der Waals surface area contributed by atoms with Crippen LogP contribution in [0.15, 0.2) is 47.6 Å². The second kappa shape index (κ2) is 8.79. The molecule has 1 N–H and O–H groups in total. The topological polar surface area (TPSA) is 104 Å². The molecule has 2 aliphatic rings. The second-order valence-electron chi connectivity index (χ2n) is 7.19. The van der Waals surface area contributed by atoms with E-state index in [4.69, 9.17) is 9.90 Å². The number of hydrogen-bond acceptors (Lipinski definition) is 6. The molecule has 0 bridgehead atoms. The van der Waals surface area contributed by atoms with E-state index >= 15 is 0 Å². The molecule has 0 spiro atoms. The number of carboxylic acid groups (broad SMARTS) is 1. The van der Waals surface area contributed by atoms with Crippen molar-refractivity contribution in [3.05, 3.63) is 48.3 Å². The number of halogens is 3. The first-order valence-corrected chi connectivity index (χ1v) is 10.9. The van der Waals surface area contributed by atoms with Crippen molar-refractivity contribution in [3.8, 4) is 0 Å². The minimum Gasteiger partial charge on any atom is -0.475 e. The van der Waals surface area contributed by atoms with Gasteiger partial charge in [-0.1, -0.05) is 12.1 Å². The maximum Gasteiger partial charge on any atom is 0.490 e. The summed E-state index contributed by atoms with van der Waals surface area (Å²) in [6.07, 6.45) is -0.000326. The first-order valence-electron chi connectivity index (χ1n) is 9.44. The highest BCUT2D eigenvalue weighted by molar-refractivity contribution is 7.89. The van der Waals surface area contributed by atoms with Gasteiger partial charge in [0, 0.05) is 37.6 Å². The third-order valence-electron chi connectivity index (χ3n) is 5.17. The molecule has 1 aromatic heterocycles. The first kappa shape index (κ1) is 22.9. The molecular formula is C19H21F3N4O4S. The Morgan fingerprint density at radius 2 is 1.71 bits per heavy atom. The van der Waals surface area contributed by atoms with Crippen LogP contribution in [-0.4, -0.2) is 65.1 Å². The molecule has 0 saturated carbocycles. The molecule has 12 heteroatoms. The van der Waals surface area contributed by atoms with Crippen molar-refractivity contribution < 1.29 is 31.5 Å². The zero-order valence-electron chi connectivity index (χ0n) is 16.5. The van der Waals surface area contributed by atoms with Gasteiger partial charge >= 0.3 is 12.1 Å². The number of carbonyl (C=O) groups is 1. The lowest BCUT2D eigenvalue weighted by molar-refractivity contribution is -0.192. The maximum atomic E-state index is 13.0. The number of hydrogen-bond donors (Lipinski definition) is 1. The molecule has 2 fully saturated rings. The van der Waals surface area contributed by atoms with Gasteiger partial charge in [-0.05, 0) is 43.5 Å². The van der Waals surface area contributed by atoms with E-state index in [2.05, 4.69) is 14.9 Å². The van der Waals surface area contributed by atoms with Crippen LogP contribution in [0.4, 0.5) is 19.1 Å². The lowest BCUT2D eigenvalue weighted by Gasteiger charge is -2.25. The Morgan fingerprint density at radius 1 is 1.10 bits per heavy atom. The Balaban J connectivity index is 0.000000339. The average molecular weight is 458 g/mol. The minimum atomic E-state index is -5.08. The number of fused-ring (bicyclic) bond motifs is 1. The van der Waals surface area contributed by atoms with Crippen molar-refractivity contribution in [3.63, 3.8) is 0 Å². The van der Waals surface area contributed by atoms with Gasteiger partial charge in [0.05, 0.1) is 4.90 Å². The van der Waals surface area contributed by atoms with E-state index < -0.39 is 22.2 Å². The maximum absolute atomic E-state index is 13.0. The molecule has 4 rings (SSSR count). The number of alkyl halides is 3. The highest BCUT2D eigenvalue weighted by Crippen LogP contribution is 2.36. The predicted octanol–water partition coefficient (Wildman–Crippen LogP) is 2.46. The summed E-state index contributed by atoms with van der Waals surface area (Å²) in [6, 6.07) is 9.09. The molecule has 3 heterocycles. The fraction of sp³-hybridized carbons (Fsp3) is 0.421. The van der Waals surface area contributed by atoms with Gasteiger partial charge in [-0.3, -0.25) is 0 Å². The van der Waals surface area contributed by atoms with Crippen molar-refractivity contribution in [1.82, 2.24) is 14.3 Å². The van der Waals surface area contributed by atoms with Gasteiger partial charge in [-0.25, -0.2) is 23.2 Å². The smallest absolute Gasteiger partial charge is 0.475 e. The summed E-state index contributed by atoms with van der Waals surface area (Å²) in [5.41, 5.74) is 0.956. The molecule has 1 aromatic carbocycles. The molecule has 2 atom stereocenters. The van der Waals surface area contributed by atoms with Gasteiger partial charge in [0.2, 0.25) is 16.0 Å². The third kappa shape index (κ3) is 4.96. The molecule has 0 unspecified atom stereocenters. The van der Waals surface area contributed by atoms with E-state index in [0.717, 1.165) is 24.9 Å². The van der Waals surface area contributed by atoms with Gasteiger partial charge in [0.1, 0.15) is 0 Å². The van der Waals surface area contributed by atoms with Crippen LogP contribution in [0, 0.1) is 6.92 Å². The SMILES string of the molecule is Cc1cccc(S(=O)(=O)N2CC[C@H]3[C@H]2CCN3c2ncccn2)c1.O=C(O)C(F)(F)F. The molecule has 2 aromatic rings. The largest absolute Gasteiger partial charge is 0.490 e. The van der Waals surface area contributed by atoms with E-state index in [9.17, 15) is 21.6 Å².